The van der Waals surface area contributed by atoms with Gasteiger partial charge in [-0.2, -0.15) is 4.98 Å². The molecule has 0 unspecified atom stereocenters. The molecule has 3 aromatic rings. The molecule has 2 heterocycles. The number of hydrogen-bond acceptors (Lipinski definition) is 5. The van der Waals surface area contributed by atoms with E-state index in [9.17, 15) is 14.3 Å². The Morgan fingerprint density at radius 3 is 2.62 bits per heavy atom. The number of aromatic hydroxyl groups is 1. The molecule has 0 saturated carbocycles. The van der Waals surface area contributed by atoms with Gasteiger partial charge in [-0.15, -0.1) is 0 Å². The van der Waals surface area contributed by atoms with E-state index in [-0.39, 0.29) is 21.5 Å². The summed E-state index contributed by atoms with van der Waals surface area (Å²) >= 11 is 13.2. The van der Waals surface area contributed by atoms with Gasteiger partial charge >= 0.3 is 0 Å². The summed E-state index contributed by atoms with van der Waals surface area (Å²) in [5, 5.41) is 14.8. The molecule has 0 saturated heterocycles. The molecule has 0 aliphatic carbocycles. The molecule has 2 aromatic carbocycles. The van der Waals surface area contributed by atoms with Crippen molar-refractivity contribution in [2.75, 3.05) is 5.32 Å². The normalized spacial score (nSPS) is 12.9. The predicted molar refractivity (Wildman–Crippen MR) is 98.2 cm³/mol. The highest BCUT2D eigenvalue weighted by Gasteiger charge is 2.25. The second-order valence-corrected chi connectivity index (χ2v) is 7.16. The summed E-state index contributed by atoms with van der Waals surface area (Å²) in [6.07, 6.45) is 0. The molecule has 0 fully saturated rings. The molecule has 9 heteroatoms. The highest BCUT2D eigenvalue weighted by molar-refractivity contribution is 7.17. The van der Waals surface area contributed by atoms with E-state index in [0.29, 0.717) is 26.3 Å². The second-order valence-electron chi connectivity index (χ2n) is 5.35. The summed E-state index contributed by atoms with van der Waals surface area (Å²) in [5.74, 6) is -1.43. The number of amides is 1. The number of para-hydroxylation sites is 1. The number of nitrogens with one attached hydrogen (secondary N) is 1. The molecule has 2 N–H and O–H groups in total. The molecule has 0 spiro atoms. The molecule has 5 nitrogen and oxygen atoms in total. The first kappa shape index (κ1) is 17.0. The van der Waals surface area contributed by atoms with Crippen LogP contribution in [0.3, 0.4) is 0 Å². The molecule has 0 bridgehead atoms. The maximum Gasteiger partial charge on any atom is 0.279 e. The molecule has 1 aromatic heterocycles. The highest BCUT2D eigenvalue weighted by atomic mass is 35.5. The maximum absolute atomic E-state index is 13.6. The molecule has 1 aliphatic heterocycles. The standard InChI is InChI=1S/C17H8Cl2FN3O2S/c18-9-2-1-3-10(19)13(9)22-17-23-16(25)14(26-17)12-8-6-7(20)4-5-11(8)21-15(12)24/h1-6,25H,(H,22,23). The molecular weight excluding hydrogens is 400 g/mol. The molecule has 0 atom stereocenters. The third kappa shape index (κ3) is 2.84. The van der Waals surface area contributed by atoms with Crippen LogP contribution in [-0.4, -0.2) is 16.0 Å². The first-order chi connectivity index (χ1) is 12.4. The first-order valence-electron chi connectivity index (χ1n) is 7.28. The fraction of sp³-hybridized carbons (Fsp3) is 0. The van der Waals surface area contributed by atoms with Crippen LogP contribution in [0.1, 0.15) is 4.88 Å². The van der Waals surface area contributed by atoms with Gasteiger partial charge in [0.1, 0.15) is 10.7 Å². The Kier molecular flexibility index (Phi) is 4.14. The minimum atomic E-state index is -0.563. The Morgan fingerprint density at radius 1 is 1.15 bits per heavy atom. The van der Waals surface area contributed by atoms with E-state index in [1.165, 1.54) is 18.2 Å². The SMILES string of the molecule is O=C1N=c2ccc(F)cc2=C1c1sc(Nc2c(Cl)cccc2Cl)nc1O. The molecule has 26 heavy (non-hydrogen) atoms. The topological polar surface area (TPSA) is 74.6 Å². The van der Waals surface area contributed by atoms with Crippen LogP contribution in [0.5, 0.6) is 5.88 Å². The lowest BCUT2D eigenvalue weighted by molar-refractivity contribution is -0.112. The molecule has 0 radical (unpaired) electrons. The molecule has 130 valence electrons. The average Bonchev–Trinajstić information content (AvgIpc) is 3.09. The highest BCUT2D eigenvalue weighted by Crippen LogP contribution is 2.38. The maximum atomic E-state index is 13.6. The van der Waals surface area contributed by atoms with Crippen molar-refractivity contribution >= 4 is 56.8 Å². The molecule has 4 rings (SSSR count). The number of thiazole rings is 1. The van der Waals surface area contributed by atoms with Gasteiger partial charge in [-0.3, -0.25) is 4.79 Å². The van der Waals surface area contributed by atoms with Gasteiger partial charge in [0.25, 0.3) is 5.91 Å². The van der Waals surface area contributed by atoms with Gasteiger partial charge in [0, 0.05) is 5.22 Å². The van der Waals surface area contributed by atoms with Crippen molar-refractivity contribution in [2.24, 2.45) is 4.99 Å². The van der Waals surface area contributed by atoms with Gasteiger partial charge < -0.3 is 10.4 Å². The number of rotatable bonds is 3. The van der Waals surface area contributed by atoms with Gasteiger partial charge in [-0.1, -0.05) is 40.6 Å². The summed E-state index contributed by atoms with van der Waals surface area (Å²) in [7, 11) is 0. The Hall–Kier alpha value is -2.48. The van der Waals surface area contributed by atoms with E-state index in [0.717, 1.165) is 11.3 Å². The van der Waals surface area contributed by atoms with Crippen LogP contribution in [0.25, 0.3) is 5.57 Å². The zero-order valence-electron chi connectivity index (χ0n) is 12.8. The van der Waals surface area contributed by atoms with Crippen molar-refractivity contribution < 1.29 is 14.3 Å². The largest absolute Gasteiger partial charge is 0.492 e. The van der Waals surface area contributed by atoms with Crippen molar-refractivity contribution in [1.82, 2.24) is 4.98 Å². The Labute approximate surface area is 160 Å². The first-order valence-corrected chi connectivity index (χ1v) is 8.85. The summed E-state index contributed by atoms with van der Waals surface area (Å²) in [5.41, 5.74) is 0.530. The van der Waals surface area contributed by atoms with Crippen molar-refractivity contribution in [3.05, 3.63) is 67.7 Å². The lowest BCUT2D eigenvalue weighted by Crippen LogP contribution is -2.23. The zero-order valence-corrected chi connectivity index (χ0v) is 15.1. The van der Waals surface area contributed by atoms with Crippen molar-refractivity contribution in [2.45, 2.75) is 0 Å². The monoisotopic (exact) mass is 407 g/mol. The average molecular weight is 408 g/mol. The van der Waals surface area contributed by atoms with E-state index in [4.69, 9.17) is 23.2 Å². The lowest BCUT2D eigenvalue weighted by Gasteiger charge is -2.06. The third-order valence-electron chi connectivity index (χ3n) is 3.69. The minimum absolute atomic E-state index is 0.104. The lowest BCUT2D eigenvalue weighted by atomic mass is 10.1. The van der Waals surface area contributed by atoms with Crippen LogP contribution in [0.4, 0.5) is 15.2 Å². The molecule has 1 aliphatic rings. The van der Waals surface area contributed by atoms with Crippen LogP contribution in [0, 0.1) is 5.82 Å². The number of anilines is 2. The second kappa shape index (κ2) is 6.35. The van der Waals surface area contributed by atoms with E-state index >= 15 is 0 Å². The summed E-state index contributed by atoms with van der Waals surface area (Å²) in [6, 6.07) is 8.83. The van der Waals surface area contributed by atoms with Crippen LogP contribution >= 0.6 is 34.5 Å². The van der Waals surface area contributed by atoms with E-state index in [2.05, 4.69) is 15.3 Å². The summed E-state index contributed by atoms with van der Waals surface area (Å²) < 4.78 is 13.6. The van der Waals surface area contributed by atoms with Gasteiger partial charge in [0.05, 0.1) is 26.7 Å². The van der Waals surface area contributed by atoms with Gasteiger partial charge in [0.2, 0.25) is 5.88 Å². The number of carbonyl (C=O) groups excluding carboxylic acids is 1. The smallest absolute Gasteiger partial charge is 0.279 e. The predicted octanol–water partition coefficient (Wildman–Crippen LogP) is 3.40. The Morgan fingerprint density at radius 2 is 1.88 bits per heavy atom. The van der Waals surface area contributed by atoms with Gasteiger partial charge in [-0.05, 0) is 30.3 Å². The summed E-state index contributed by atoms with van der Waals surface area (Å²) in [6.45, 7) is 0. The van der Waals surface area contributed by atoms with Crippen molar-refractivity contribution in [3.63, 3.8) is 0 Å². The fourth-order valence-corrected chi connectivity index (χ4v) is 3.97. The number of fused-ring (bicyclic) bond motifs is 1. The van der Waals surface area contributed by atoms with E-state index < -0.39 is 11.7 Å². The number of carbonyl (C=O) groups is 1. The number of benzene rings is 2. The number of nitrogens with zero attached hydrogens (tertiary/aromatic N) is 2. The molecular formula is C17H8Cl2FN3O2S. The Balaban J connectivity index is 1.82. The quantitative estimate of drug-likeness (QED) is 0.697. The fourth-order valence-electron chi connectivity index (χ4n) is 2.56. The summed E-state index contributed by atoms with van der Waals surface area (Å²) in [4.78, 5) is 20.3. The van der Waals surface area contributed by atoms with Crippen LogP contribution < -0.4 is 15.9 Å². The van der Waals surface area contributed by atoms with E-state index in [1.807, 2.05) is 0 Å². The van der Waals surface area contributed by atoms with Gasteiger partial charge in [0.15, 0.2) is 5.13 Å². The van der Waals surface area contributed by atoms with Crippen LogP contribution in [0.15, 0.2) is 41.4 Å². The van der Waals surface area contributed by atoms with Crippen LogP contribution in [-0.2, 0) is 4.79 Å². The van der Waals surface area contributed by atoms with Crippen molar-refractivity contribution in [3.8, 4) is 5.88 Å². The van der Waals surface area contributed by atoms with Crippen LogP contribution in [0.2, 0.25) is 10.0 Å². The molecule has 1 amide bonds. The number of halogens is 3. The Bertz CT molecular complexity index is 1170. The zero-order chi connectivity index (χ0) is 18.4. The number of aromatic nitrogens is 1. The minimum Gasteiger partial charge on any atom is -0.492 e. The van der Waals surface area contributed by atoms with Gasteiger partial charge in [-0.25, -0.2) is 9.38 Å². The van der Waals surface area contributed by atoms with E-state index in [1.54, 1.807) is 18.2 Å². The number of hydrogen-bond donors (Lipinski definition) is 2. The third-order valence-corrected chi connectivity index (χ3v) is 5.30. The van der Waals surface area contributed by atoms with Crippen molar-refractivity contribution in [1.29, 1.82) is 0 Å².